The highest BCUT2D eigenvalue weighted by atomic mass is 35.5. The van der Waals surface area contributed by atoms with Crippen molar-refractivity contribution in [2.45, 2.75) is 44.1 Å². The zero-order valence-corrected chi connectivity index (χ0v) is 15.2. The molecule has 27 heavy (non-hydrogen) atoms. The van der Waals surface area contributed by atoms with Crippen molar-refractivity contribution < 1.29 is 14.3 Å². The summed E-state index contributed by atoms with van der Waals surface area (Å²) in [6.07, 6.45) is 0.459. The molecule has 1 saturated heterocycles. The molecule has 1 fully saturated rings. The van der Waals surface area contributed by atoms with Gasteiger partial charge in [0.15, 0.2) is 5.82 Å². The Hall–Kier alpha value is -2.26. The van der Waals surface area contributed by atoms with E-state index in [1.165, 1.54) is 20.3 Å². The minimum atomic E-state index is -1.03. The molecule has 8 nitrogen and oxygen atoms in total. The number of halogens is 2. The van der Waals surface area contributed by atoms with Crippen molar-refractivity contribution in [2.24, 2.45) is 0 Å². The Labute approximate surface area is 159 Å². The molecule has 4 rings (SSSR count). The minimum Gasteiger partial charge on any atom is -0.385 e. The number of likely N-dealkylation sites (tertiary alicyclic amines) is 1. The molecule has 1 unspecified atom stereocenters. The number of hydrogen-bond donors (Lipinski definition) is 1. The van der Waals surface area contributed by atoms with Gasteiger partial charge in [-0.05, 0) is 31.4 Å². The van der Waals surface area contributed by atoms with Gasteiger partial charge in [0.2, 0.25) is 5.91 Å². The van der Waals surface area contributed by atoms with Crippen LogP contribution in [0.1, 0.15) is 42.9 Å². The third kappa shape index (κ3) is 3.37. The summed E-state index contributed by atoms with van der Waals surface area (Å²) >= 11 is 5.82. The molecule has 3 atom stereocenters. The molecule has 0 aromatic carbocycles. The number of hydrogen-bond acceptors (Lipinski definition) is 5. The van der Waals surface area contributed by atoms with Gasteiger partial charge in [0.05, 0.1) is 23.8 Å². The first-order chi connectivity index (χ1) is 12.9. The van der Waals surface area contributed by atoms with Crippen LogP contribution in [0.5, 0.6) is 0 Å². The van der Waals surface area contributed by atoms with Gasteiger partial charge in [0.1, 0.15) is 18.3 Å². The lowest BCUT2D eigenvalue weighted by molar-refractivity contribution is -0.135. The average molecular weight is 396 g/mol. The van der Waals surface area contributed by atoms with Crippen molar-refractivity contribution in [3.8, 4) is 0 Å². The summed E-state index contributed by atoms with van der Waals surface area (Å²) in [6, 6.07) is 2.57. The number of aliphatic hydroxyl groups excluding tert-OH is 1. The normalized spacial score (nSPS) is 24.9. The number of carbonyl (C=O) groups is 1. The molecule has 1 amide bonds. The van der Waals surface area contributed by atoms with Gasteiger partial charge in [-0.15, -0.1) is 0 Å². The molecule has 0 saturated carbocycles. The second kappa shape index (κ2) is 7.05. The summed E-state index contributed by atoms with van der Waals surface area (Å²) in [7, 11) is 0. The van der Waals surface area contributed by atoms with Gasteiger partial charge in [-0.2, -0.15) is 5.10 Å². The van der Waals surface area contributed by atoms with Crippen LogP contribution in [-0.4, -0.2) is 54.5 Å². The maximum atomic E-state index is 13.5. The van der Waals surface area contributed by atoms with Crippen molar-refractivity contribution in [2.75, 3.05) is 13.1 Å². The van der Waals surface area contributed by atoms with E-state index < -0.39 is 24.0 Å². The molecule has 144 valence electrons. The molecule has 2 aliphatic heterocycles. The molecule has 2 aromatic heterocycles. The van der Waals surface area contributed by atoms with Crippen molar-refractivity contribution in [3.05, 3.63) is 45.4 Å². The Morgan fingerprint density at radius 2 is 2.15 bits per heavy atom. The number of aromatic nitrogens is 4. The summed E-state index contributed by atoms with van der Waals surface area (Å²) in [5, 5.41) is 15.0. The fourth-order valence-corrected chi connectivity index (χ4v) is 3.76. The largest absolute Gasteiger partial charge is 0.385 e. The van der Waals surface area contributed by atoms with Crippen molar-refractivity contribution in [3.63, 3.8) is 0 Å². The van der Waals surface area contributed by atoms with Gasteiger partial charge in [-0.3, -0.25) is 14.3 Å². The van der Waals surface area contributed by atoms with Crippen molar-refractivity contribution in [1.82, 2.24) is 24.2 Å². The molecule has 4 heterocycles. The fourth-order valence-electron chi connectivity index (χ4n) is 3.65. The van der Waals surface area contributed by atoms with E-state index in [0.717, 1.165) is 0 Å². The molecule has 1 N–H and O–H groups in total. The summed E-state index contributed by atoms with van der Waals surface area (Å²) in [4.78, 5) is 31.3. The summed E-state index contributed by atoms with van der Waals surface area (Å²) in [5.74, 6) is -0.135. The lowest BCUT2D eigenvalue weighted by Gasteiger charge is -2.28. The van der Waals surface area contributed by atoms with Crippen LogP contribution in [0, 0.1) is 0 Å². The third-order valence-electron chi connectivity index (χ3n) is 5.05. The lowest BCUT2D eigenvalue weighted by atomic mass is 10.0. The summed E-state index contributed by atoms with van der Waals surface area (Å²) in [6.45, 7) is 0.483. The highest BCUT2D eigenvalue weighted by Crippen LogP contribution is 2.31. The Morgan fingerprint density at radius 3 is 2.81 bits per heavy atom. The van der Waals surface area contributed by atoms with Gasteiger partial charge in [-0.1, -0.05) is 11.6 Å². The Kier molecular flexibility index (Phi) is 4.73. The van der Waals surface area contributed by atoms with Crippen LogP contribution in [0.3, 0.4) is 0 Å². The Bertz CT molecular complexity index is 912. The van der Waals surface area contributed by atoms with E-state index in [2.05, 4.69) is 10.1 Å². The van der Waals surface area contributed by atoms with Gasteiger partial charge < -0.3 is 10.0 Å². The molecule has 10 heteroatoms. The van der Waals surface area contributed by atoms with E-state index in [1.54, 1.807) is 12.1 Å². The van der Waals surface area contributed by atoms with Crippen LogP contribution in [0.15, 0.2) is 23.1 Å². The zero-order valence-electron chi connectivity index (χ0n) is 14.5. The summed E-state index contributed by atoms with van der Waals surface area (Å²) in [5.41, 5.74) is 0.0870. The highest BCUT2D eigenvalue weighted by molar-refractivity contribution is 6.30. The molecular weight excluding hydrogens is 377 g/mol. The first-order valence-corrected chi connectivity index (χ1v) is 9.22. The van der Waals surface area contributed by atoms with Crippen LogP contribution in [0.4, 0.5) is 4.39 Å². The highest BCUT2D eigenvalue weighted by Gasteiger charge is 2.38. The predicted octanol–water partition coefficient (Wildman–Crippen LogP) is 1.08. The third-order valence-corrected chi connectivity index (χ3v) is 5.27. The quantitative estimate of drug-likeness (QED) is 0.839. The molecule has 2 aromatic rings. The SMILES string of the molecule is O=C([C@@H]1CCC(O)c2nn(Cc3ccc(Cl)cn3)c(=O)n21)N1CC[C@H](F)C1. The number of aliphatic hydroxyl groups is 1. The van der Waals surface area contributed by atoms with E-state index in [4.69, 9.17) is 11.6 Å². The van der Waals surface area contributed by atoms with Crippen LogP contribution in [0.2, 0.25) is 5.02 Å². The number of fused-ring (bicyclic) bond motifs is 1. The molecule has 0 radical (unpaired) electrons. The molecular formula is C17H19ClFN5O3. The second-order valence-corrected chi connectivity index (χ2v) is 7.35. The Morgan fingerprint density at radius 1 is 1.33 bits per heavy atom. The van der Waals surface area contributed by atoms with Crippen molar-refractivity contribution >= 4 is 17.5 Å². The zero-order chi connectivity index (χ0) is 19.1. The van der Waals surface area contributed by atoms with E-state index in [1.807, 2.05) is 0 Å². The molecule has 0 spiro atoms. The number of carbonyl (C=O) groups excluding carboxylic acids is 1. The van der Waals surface area contributed by atoms with Crippen LogP contribution in [-0.2, 0) is 11.3 Å². The van der Waals surface area contributed by atoms with Crippen molar-refractivity contribution in [1.29, 1.82) is 0 Å². The van der Waals surface area contributed by atoms with Gasteiger partial charge in [0.25, 0.3) is 0 Å². The van der Waals surface area contributed by atoms with Gasteiger partial charge >= 0.3 is 5.69 Å². The smallest absolute Gasteiger partial charge is 0.347 e. The first-order valence-electron chi connectivity index (χ1n) is 8.84. The topological polar surface area (TPSA) is 93.2 Å². The predicted molar refractivity (Wildman–Crippen MR) is 94.2 cm³/mol. The molecule has 0 bridgehead atoms. The van der Waals surface area contributed by atoms with Crippen LogP contribution in [0.25, 0.3) is 0 Å². The first kappa shape index (κ1) is 18.1. The van der Waals surface area contributed by atoms with E-state index in [9.17, 15) is 19.1 Å². The van der Waals surface area contributed by atoms with Crippen LogP contribution < -0.4 is 5.69 Å². The van der Waals surface area contributed by atoms with Gasteiger partial charge in [-0.25, -0.2) is 13.9 Å². The van der Waals surface area contributed by atoms with Gasteiger partial charge in [0, 0.05) is 12.7 Å². The standard InChI is InChI=1S/C17H19ClFN5O3/c18-10-1-2-12(20-7-10)9-23-17(27)24-13(3-4-14(25)15(24)21-23)16(26)22-6-5-11(19)8-22/h1-2,7,11,13-14,25H,3-6,8-9H2/t11-,13-,14?/m0/s1. The number of amides is 1. The number of alkyl halides is 1. The summed E-state index contributed by atoms with van der Waals surface area (Å²) < 4.78 is 15.9. The maximum Gasteiger partial charge on any atom is 0.347 e. The van der Waals surface area contributed by atoms with E-state index in [0.29, 0.717) is 36.5 Å². The van der Waals surface area contributed by atoms with E-state index >= 15 is 0 Å². The monoisotopic (exact) mass is 395 g/mol. The Balaban J connectivity index is 1.65. The molecule has 0 aliphatic carbocycles. The lowest BCUT2D eigenvalue weighted by Crippen LogP contribution is -2.42. The van der Waals surface area contributed by atoms with Crippen LogP contribution >= 0.6 is 11.6 Å². The maximum absolute atomic E-state index is 13.5. The minimum absolute atomic E-state index is 0.0464. The molecule has 2 aliphatic rings. The fraction of sp³-hybridized carbons (Fsp3) is 0.529. The average Bonchev–Trinajstić information content (AvgIpc) is 3.22. The number of rotatable bonds is 3. The second-order valence-electron chi connectivity index (χ2n) is 6.92. The number of pyridine rings is 1. The number of nitrogens with zero attached hydrogens (tertiary/aromatic N) is 5. The van der Waals surface area contributed by atoms with E-state index in [-0.39, 0.29) is 24.8 Å².